The maximum Gasteiger partial charge on any atom is 0.229 e. The molecule has 0 spiro atoms. The Labute approximate surface area is 222 Å². The summed E-state index contributed by atoms with van der Waals surface area (Å²) in [4.78, 5) is 22.4. The summed E-state index contributed by atoms with van der Waals surface area (Å²) < 4.78 is 32.0. The van der Waals surface area contributed by atoms with Crippen LogP contribution in [0.25, 0.3) is 22.3 Å². The van der Waals surface area contributed by atoms with Crippen LogP contribution in [0.3, 0.4) is 0 Å². The minimum atomic E-state index is -0.618. The number of piperazine rings is 1. The third-order valence-corrected chi connectivity index (χ3v) is 7.69. The van der Waals surface area contributed by atoms with E-state index < -0.39 is 11.6 Å². The quantitative estimate of drug-likeness (QED) is 0.375. The molecule has 6 rings (SSSR count). The minimum absolute atomic E-state index is 0. The van der Waals surface area contributed by atoms with Gasteiger partial charge in [0.25, 0.3) is 0 Å². The van der Waals surface area contributed by atoms with Gasteiger partial charge in [0.2, 0.25) is 5.95 Å². The first-order valence-electron chi connectivity index (χ1n) is 13.4. The predicted octanol–water partition coefficient (Wildman–Crippen LogP) is 5.19. The third kappa shape index (κ3) is 4.86. The average Bonchev–Trinajstić information content (AvgIpc) is 3.32. The number of hydrogen-bond acceptors (Lipinski definition) is 7. The van der Waals surface area contributed by atoms with Gasteiger partial charge in [-0.15, -0.1) is 0 Å². The highest BCUT2D eigenvalue weighted by Crippen LogP contribution is 2.34. The fourth-order valence-corrected chi connectivity index (χ4v) is 5.55. The van der Waals surface area contributed by atoms with Crippen LogP contribution in [0.2, 0.25) is 0 Å². The van der Waals surface area contributed by atoms with Gasteiger partial charge in [0.15, 0.2) is 11.6 Å². The highest BCUT2D eigenvalue weighted by molar-refractivity contribution is 5.83. The molecule has 0 amide bonds. The van der Waals surface area contributed by atoms with Gasteiger partial charge in [-0.2, -0.15) is 0 Å². The van der Waals surface area contributed by atoms with E-state index in [1.165, 1.54) is 6.07 Å². The highest BCUT2D eigenvalue weighted by Gasteiger charge is 2.23. The van der Waals surface area contributed by atoms with E-state index in [1.807, 2.05) is 18.3 Å². The van der Waals surface area contributed by atoms with Crippen molar-refractivity contribution in [1.29, 1.82) is 0 Å². The van der Waals surface area contributed by atoms with Crippen LogP contribution < -0.4 is 5.32 Å². The van der Waals surface area contributed by atoms with Gasteiger partial charge in [-0.25, -0.2) is 28.7 Å². The van der Waals surface area contributed by atoms with E-state index >= 15 is 4.39 Å². The molecule has 1 atom stereocenters. The van der Waals surface area contributed by atoms with Crippen LogP contribution in [0.1, 0.15) is 45.5 Å². The monoisotopic (exact) mass is 520 g/mol. The number of nitrogens with zero attached hydrogens (tertiary/aromatic N) is 7. The molecule has 1 unspecified atom stereocenters. The van der Waals surface area contributed by atoms with Crippen LogP contribution in [0, 0.1) is 11.6 Å². The zero-order chi connectivity index (χ0) is 26.2. The average molecular weight is 521 g/mol. The smallest absolute Gasteiger partial charge is 0.229 e. The van der Waals surface area contributed by atoms with Crippen LogP contribution in [-0.2, 0) is 13.0 Å². The number of nitrogens with one attached hydrogen (secondary N) is 1. The number of benzene rings is 1. The Morgan fingerprint density at radius 1 is 1.00 bits per heavy atom. The van der Waals surface area contributed by atoms with E-state index in [-0.39, 0.29) is 19.1 Å². The van der Waals surface area contributed by atoms with Gasteiger partial charge in [0.1, 0.15) is 22.9 Å². The van der Waals surface area contributed by atoms with Gasteiger partial charge in [-0.1, -0.05) is 13.0 Å². The number of imidazole rings is 1. The van der Waals surface area contributed by atoms with Gasteiger partial charge < -0.3 is 14.8 Å². The largest absolute Gasteiger partial charge is 0.325 e. The van der Waals surface area contributed by atoms with E-state index in [0.717, 1.165) is 76.1 Å². The fourth-order valence-electron chi connectivity index (χ4n) is 5.55. The molecular weight excluding hydrogens is 486 g/mol. The number of fused-ring (bicyclic) bond motifs is 3. The van der Waals surface area contributed by atoms with Gasteiger partial charge >= 0.3 is 0 Å². The Hall–Kier alpha value is -3.50. The summed E-state index contributed by atoms with van der Waals surface area (Å²) in [6.45, 7) is 10.5. The van der Waals surface area contributed by atoms with Crippen molar-refractivity contribution in [2.75, 3.05) is 38.0 Å². The van der Waals surface area contributed by atoms with Gasteiger partial charge in [0, 0.05) is 58.4 Å². The van der Waals surface area contributed by atoms with E-state index in [2.05, 4.69) is 53.5 Å². The maximum atomic E-state index is 15.1. The van der Waals surface area contributed by atoms with Crippen molar-refractivity contribution in [3.8, 4) is 11.3 Å². The van der Waals surface area contributed by atoms with Crippen molar-refractivity contribution < 1.29 is 10.2 Å². The normalized spacial score (nSPS) is 18.6. The second-order valence-electron chi connectivity index (χ2n) is 10.2. The van der Waals surface area contributed by atoms with Crippen molar-refractivity contribution in [2.45, 2.75) is 45.7 Å². The molecule has 1 N–H and O–H groups in total. The first-order chi connectivity index (χ1) is 18.5. The number of anilines is 2. The molecule has 38 heavy (non-hydrogen) atoms. The molecule has 1 saturated heterocycles. The van der Waals surface area contributed by atoms with Crippen LogP contribution in [0.15, 0.2) is 36.7 Å². The molecule has 5 heterocycles. The standard InChI is InChI=1S/C28H32F2N8.H2/c1-3-36-9-11-37(12-10-36)17-19-7-8-24(31-15-19)33-28-32-16-22(30)26(35-28)20-13-21(29)27-23(14-20)38-18(2)5-4-6-25(38)34-27;/h7-8,13-16,18H,3-6,9-12,17H2,1-2H3,(H,31,32,33,35);1H. The number of rotatable bonds is 6. The maximum absolute atomic E-state index is 15.1. The number of aromatic nitrogens is 5. The molecule has 10 heteroatoms. The van der Waals surface area contributed by atoms with Gasteiger partial charge in [-0.3, -0.25) is 4.90 Å². The van der Waals surface area contributed by atoms with E-state index in [0.29, 0.717) is 22.4 Å². The lowest BCUT2D eigenvalue weighted by molar-refractivity contribution is 0.132. The fraction of sp³-hybridized carbons (Fsp3) is 0.429. The second kappa shape index (κ2) is 10.3. The lowest BCUT2D eigenvalue weighted by Gasteiger charge is -2.33. The summed E-state index contributed by atoms with van der Waals surface area (Å²) >= 11 is 0. The Balaban J connectivity index is 0.00000308. The zero-order valence-electron chi connectivity index (χ0n) is 21.8. The Kier molecular flexibility index (Phi) is 6.75. The number of halogens is 2. The van der Waals surface area contributed by atoms with Crippen LogP contribution in [0.4, 0.5) is 20.5 Å². The summed E-state index contributed by atoms with van der Waals surface area (Å²) in [6.07, 6.45) is 5.78. The minimum Gasteiger partial charge on any atom is -0.325 e. The van der Waals surface area contributed by atoms with E-state index in [4.69, 9.17) is 0 Å². The third-order valence-electron chi connectivity index (χ3n) is 7.69. The number of aryl methyl sites for hydroxylation is 1. The summed E-state index contributed by atoms with van der Waals surface area (Å²) in [7, 11) is 0. The number of likely N-dealkylation sites (N-methyl/N-ethyl adjacent to an activating group) is 1. The molecule has 2 aliphatic heterocycles. The molecule has 200 valence electrons. The lowest BCUT2D eigenvalue weighted by atomic mass is 10.1. The predicted molar refractivity (Wildman–Crippen MR) is 145 cm³/mol. The summed E-state index contributed by atoms with van der Waals surface area (Å²) in [5, 5.41) is 3.06. The lowest BCUT2D eigenvalue weighted by Crippen LogP contribution is -2.45. The van der Waals surface area contributed by atoms with Crippen molar-refractivity contribution in [1.82, 2.24) is 34.3 Å². The summed E-state index contributed by atoms with van der Waals surface area (Å²) in [5.74, 6) is 0.529. The molecule has 0 radical (unpaired) electrons. The second-order valence-corrected chi connectivity index (χ2v) is 10.2. The molecule has 1 fully saturated rings. The van der Waals surface area contributed by atoms with Crippen LogP contribution >= 0.6 is 0 Å². The Morgan fingerprint density at radius 3 is 2.58 bits per heavy atom. The van der Waals surface area contributed by atoms with Crippen molar-refractivity contribution in [2.24, 2.45) is 0 Å². The van der Waals surface area contributed by atoms with Crippen LogP contribution in [-0.4, -0.2) is 67.0 Å². The number of pyridine rings is 1. The topological polar surface area (TPSA) is 75.0 Å². The molecule has 0 bridgehead atoms. The molecule has 0 saturated carbocycles. The first kappa shape index (κ1) is 24.8. The van der Waals surface area contributed by atoms with Gasteiger partial charge in [-0.05, 0) is 50.1 Å². The van der Waals surface area contributed by atoms with E-state index in [1.54, 1.807) is 6.07 Å². The van der Waals surface area contributed by atoms with E-state index in [9.17, 15) is 4.39 Å². The molecule has 2 aliphatic rings. The van der Waals surface area contributed by atoms with Crippen molar-refractivity contribution in [3.05, 3.63) is 59.7 Å². The Bertz CT molecular complexity index is 1450. The zero-order valence-corrected chi connectivity index (χ0v) is 21.8. The molecule has 4 aromatic rings. The molecule has 3 aromatic heterocycles. The number of hydrogen-bond donors (Lipinski definition) is 1. The SMILES string of the molecule is CCN1CCN(Cc2ccc(Nc3ncc(F)c(-c4cc(F)c5nc6n(c5c4)C(C)CCC6)n3)nc2)CC1.[HH]. The summed E-state index contributed by atoms with van der Waals surface area (Å²) in [5.41, 5.74) is 2.50. The highest BCUT2D eigenvalue weighted by atomic mass is 19.1. The molecule has 0 aliphatic carbocycles. The van der Waals surface area contributed by atoms with Gasteiger partial charge in [0.05, 0.1) is 11.7 Å². The van der Waals surface area contributed by atoms with Crippen molar-refractivity contribution >= 4 is 22.8 Å². The molecular formula is C28H34F2N8. The molecule has 8 nitrogen and oxygen atoms in total. The van der Waals surface area contributed by atoms with Crippen LogP contribution in [0.5, 0.6) is 0 Å². The first-order valence-corrected chi connectivity index (χ1v) is 13.4. The summed E-state index contributed by atoms with van der Waals surface area (Å²) in [6, 6.07) is 7.18. The Morgan fingerprint density at radius 2 is 1.82 bits per heavy atom. The van der Waals surface area contributed by atoms with Crippen molar-refractivity contribution in [3.63, 3.8) is 0 Å². The molecule has 1 aromatic carbocycles.